The van der Waals surface area contributed by atoms with Crippen LogP contribution >= 0.6 is 15.9 Å². The van der Waals surface area contributed by atoms with E-state index in [2.05, 4.69) is 25.9 Å². The Morgan fingerprint density at radius 1 is 1.25 bits per heavy atom. The predicted molar refractivity (Wildman–Crippen MR) is 69.0 cm³/mol. The Morgan fingerprint density at radius 3 is 2.69 bits per heavy atom. The van der Waals surface area contributed by atoms with Crippen molar-refractivity contribution in [1.29, 1.82) is 0 Å². The second kappa shape index (κ2) is 4.61. The molecule has 0 aliphatic rings. The minimum atomic E-state index is 0.512. The molecule has 1 heterocycles. The molecule has 0 bridgehead atoms. The highest BCUT2D eigenvalue weighted by atomic mass is 79.9. The van der Waals surface area contributed by atoms with Crippen molar-refractivity contribution < 1.29 is 0 Å². The summed E-state index contributed by atoms with van der Waals surface area (Å²) in [4.78, 5) is 8.62. The molecule has 1 aromatic heterocycles. The molecule has 16 heavy (non-hydrogen) atoms. The van der Waals surface area contributed by atoms with Crippen LogP contribution in [-0.4, -0.2) is 9.97 Å². The molecular weight excluding hydrogens is 266 g/mol. The number of aryl methyl sites for hydroxylation is 1. The van der Waals surface area contributed by atoms with Gasteiger partial charge in [-0.05, 0) is 6.07 Å². The number of nitrogens with two attached hydrogens (primary N) is 1. The molecule has 2 aromatic rings. The van der Waals surface area contributed by atoms with Gasteiger partial charge in [0.05, 0.1) is 5.69 Å². The summed E-state index contributed by atoms with van der Waals surface area (Å²) in [7, 11) is 0. The van der Waals surface area contributed by atoms with Crippen LogP contribution in [-0.2, 0) is 6.42 Å². The van der Waals surface area contributed by atoms with E-state index < -0.39 is 0 Å². The number of rotatable bonds is 2. The number of hydrogen-bond donors (Lipinski definition) is 1. The molecule has 0 spiro atoms. The number of halogens is 1. The zero-order valence-electron chi connectivity index (χ0n) is 8.94. The van der Waals surface area contributed by atoms with Crippen LogP contribution in [0.3, 0.4) is 0 Å². The minimum Gasteiger partial charge on any atom is -0.384 e. The van der Waals surface area contributed by atoms with Crippen LogP contribution in [0.2, 0.25) is 0 Å². The van der Waals surface area contributed by atoms with Crippen LogP contribution in [0.5, 0.6) is 0 Å². The molecule has 0 saturated carbocycles. The summed E-state index contributed by atoms with van der Waals surface area (Å²) in [5.74, 6) is 1.28. The Hall–Kier alpha value is -1.42. The Bertz CT molecular complexity index is 511. The summed E-state index contributed by atoms with van der Waals surface area (Å²) in [5, 5.41) is 0. The fourth-order valence-electron chi connectivity index (χ4n) is 1.48. The first-order valence-electron chi connectivity index (χ1n) is 5.09. The maximum absolute atomic E-state index is 5.76. The molecule has 3 nitrogen and oxygen atoms in total. The van der Waals surface area contributed by atoms with E-state index in [0.717, 1.165) is 28.0 Å². The molecular formula is C12H12BrN3. The van der Waals surface area contributed by atoms with Crippen molar-refractivity contribution in [3.63, 3.8) is 0 Å². The van der Waals surface area contributed by atoms with Crippen LogP contribution < -0.4 is 5.73 Å². The number of benzene rings is 1. The summed E-state index contributed by atoms with van der Waals surface area (Å²) in [6, 6.07) is 9.73. The van der Waals surface area contributed by atoms with Gasteiger partial charge in [0.1, 0.15) is 11.6 Å². The lowest BCUT2D eigenvalue weighted by molar-refractivity contribution is 0.948. The topological polar surface area (TPSA) is 51.8 Å². The maximum atomic E-state index is 5.76. The van der Waals surface area contributed by atoms with Gasteiger partial charge in [-0.2, -0.15) is 0 Å². The number of nitrogen functional groups attached to an aromatic ring is 1. The fourth-order valence-corrected chi connectivity index (χ4v) is 1.97. The second-order valence-electron chi connectivity index (χ2n) is 3.43. The molecule has 4 heteroatoms. The highest BCUT2D eigenvalue weighted by Gasteiger charge is 2.06. The van der Waals surface area contributed by atoms with Crippen LogP contribution in [0.25, 0.3) is 11.3 Å². The van der Waals surface area contributed by atoms with E-state index in [1.54, 1.807) is 6.07 Å². The molecule has 0 saturated heterocycles. The minimum absolute atomic E-state index is 0.512. The van der Waals surface area contributed by atoms with E-state index in [1.807, 2.05) is 31.2 Å². The van der Waals surface area contributed by atoms with Gasteiger partial charge in [-0.15, -0.1) is 0 Å². The summed E-state index contributed by atoms with van der Waals surface area (Å²) in [5.41, 5.74) is 7.65. The van der Waals surface area contributed by atoms with Gasteiger partial charge in [0.15, 0.2) is 0 Å². The van der Waals surface area contributed by atoms with Crippen LogP contribution in [0.15, 0.2) is 34.8 Å². The average Bonchev–Trinajstić information content (AvgIpc) is 2.28. The SMILES string of the molecule is CCc1nc(N)cc(-c2ccccc2Br)n1. The molecule has 0 fully saturated rings. The third-order valence-corrected chi connectivity index (χ3v) is 2.95. The van der Waals surface area contributed by atoms with Crippen LogP contribution in [0.4, 0.5) is 5.82 Å². The molecule has 82 valence electrons. The first kappa shape index (κ1) is 11.1. The number of anilines is 1. The molecule has 0 atom stereocenters. The molecule has 0 aliphatic carbocycles. The third kappa shape index (κ3) is 2.22. The van der Waals surface area contributed by atoms with Crippen LogP contribution in [0, 0.1) is 0 Å². The Morgan fingerprint density at radius 2 is 2.00 bits per heavy atom. The van der Waals surface area contributed by atoms with Gasteiger partial charge in [0.25, 0.3) is 0 Å². The molecule has 0 amide bonds. The number of nitrogens with zero attached hydrogens (tertiary/aromatic N) is 2. The highest BCUT2D eigenvalue weighted by molar-refractivity contribution is 9.10. The van der Waals surface area contributed by atoms with Crippen molar-refractivity contribution in [1.82, 2.24) is 9.97 Å². The fraction of sp³-hybridized carbons (Fsp3) is 0.167. The van der Waals surface area contributed by atoms with E-state index >= 15 is 0 Å². The van der Waals surface area contributed by atoms with E-state index in [1.165, 1.54) is 0 Å². The van der Waals surface area contributed by atoms with Gasteiger partial charge in [-0.25, -0.2) is 9.97 Å². The van der Waals surface area contributed by atoms with E-state index in [4.69, 9.17) is 5.73 Å². The zero-order chi connectivity index (χ0) is 11.5. The third-order valence-electron chi connectivity index (χ3n) is 2.26. The summed E-state index contributed by atoms with van der Waals surface area (Å²) in [6.45, 7) is 2.01. The van der Waals surface area contributed by atoms with Crippen molar-refractivity contribution in [2.45, 2.75) is 13.3 Å². The zero-order valence-corrected chi connectivity index (χ0v) is 10.5. The van der Waals surface area contributed by atoms with Gasteiger partial charge in [0, 0.05) is 22.5 Å². The van der Waals surface area contributed by atoms with Crippen molar-refractivity contribution in [2.24, 2.45) is 0 Å². The summed E-state index contributed by atoms with van der Waals surface area (Å²) < 4.78 is 1.01. The predicted octanol–water partition coefficient (Wildman–Crippen LogP) is 3.05. The number of aromatic nitrogens is 2. The van der Waals surface area contributed by atoms with Crippen molar-refractivity contribution in [3.05, 3.63) is 40.6 Å². The average molecular weight is 278 g/mol. The summed E-state index contributed by atoms with van der Waals surface area (Å²) in [6.07, 6.45) is 0.780. The van der Waals surface area contributed by atoms with E-state index in [0.29, 0.717) is 5.82 Å². The van der Waals surface area contributed by atoms with Gasteiger partial charge in [-0.1, -0.05) is 41.1 Å². The smallest absolute Gasteiger partial charge is 0.131 e. The molecule has 2 rings (SSSR count). The van der Waals surface area contributed by atoms with E-state index in [-0.39, 0.29) is 0 Å². The lowest BCUT2D eigenvalue weighted by atomic mass is 10.1. The summed E-state index contributed by atoms with van der Waals surface area (Å²) >= 11 is 3.50. The normalized spacial score (nSPS) is 10.4. The van der Waals surface area contributed by atoms with Gasteiger partial charge in [0.2, 0.25) is 0 Å². The highest BCUT2D eigenvalue weighted by Crippen LogP contribution is 2.27. The first-order chi connectivity index (χ1) is 7.70. The van der Waals surface area contributed by atoms with Crippen molar-refractivity contribution >= 4 is 21.7 Å². The molecule has 1 aromatic carbocycles. The lowest BCUT2D eigenvalue weighted by Crippen LogP contribution is -2.00. The largest absolute Gasteiger partial charge is 0.384 e. The lowest BCUT2D eigenvalue weighted by Gasteiger charge is -2.06. The molecule has 2 N–H and O–H groups in total. The van der Waals surface area contributed by atoms with Gasteiger partial charge < -0.3 is 5.73 Å². The Labute approximate surface area is 103 Å². The van der Waals surface area contributed by atoms with E-state index in [9.17, 15) is 0 Å². The number of hydrogen-bond acceptors (Lipinski definition) is 3. The van der Waals surface area contributed by atoms with Crippen LogP contribution in [0.1, 0.15) is 12.7 Å². The molecule has 0 unspecified atom stereocenters. The first-order valence-corrected chi connectivity index (χ1v) is 5.88. The maximum Gasteiger partial charge on any atom is 0.131 e. The van der Waals surface area contributed by atoms with Gasteiger partial charge >= 0.3 is 0 Å². The van der Waals surface area contributed by atoms with Crippen molar-refractivity contribution in [3.8, 4) is 11.3 Å². The standard InChI is InChI=1S/C12H12BrN3/c1-2-12-15-10(7-11(14)16-12)8-5-3-4-6-9(8)13/h3-7H,2H2,1H3,(H2,14,15,16). The Balaban J connectivity index is 2.56. The monoisotopic (exact) mass is 277 g/mol. The Kier molecular flexibility index (Phi) is 3.19. The molecule has 0 aliphatic heterocycles. The second-order valence-corrected chi connectivity index (χ2v) is 4.28. The van der Waals surface area contributed by atoms with Gasteiger partial charge in [-0.3, -0.25) is 0 Å². The van der Waals surface area contributed by atoms with Crippen molar-refractivity contribution in [2.75, 3.05) is 5.73 Å². The quantitative estimate of drug-likeness (QED) is 0.918. The molecule has 0 radical (unpaired) electrons.